The summed E-state index contributed by atoms with van der Waals surface area (Å²) in [6, 6.07) is 7.69. The van der Waals surface area contributed by atoms with Gasteiger partial charge in [0.1, 0.15) is 5.82 Å². The number of rotatable bonds is 5. The normalized spacial score (nSPS) is 12.5. The minimum atomic E-state index is 0.0635. The fraction of sp³-hybridized carbons (Fsp3) is 0.267. The van der Waals surface area contributed by atoms with Crippen molar-refractivity contribution in [1.82, 2.24) is 30.3 Å². The summed E-state index contributed by atoms with van der Waals surface area (Å²) in [4.78, 5) is 4.32. The molecular formula is C15H17ClN6. The summed E-state index contributed by atoms with van der Waals surface area (Å²) in [6.45, 7) is 4.59. The Kier molecular flexibility index (Phi) is 4.22. The molecule has 1 aromatic carbocycles. The highest BCUT2D eigenvalue weighted by Crippen LogP contribution is 2.19. The lowest BCUT2D eigenvalue weighted by atomic mass is 10.3. The average molecular weight is 317 g/mol. The standard InChI is InChI=1S/C15H17ClN6/c1-10(15-19-11(2)20-21-15)17-7-12-8-18-22(9-12)14-6-4-3-5-13(14)16/h3-6,8-10,17H,7H2,1-2H3,(H,19,20,21). The second-order valence-corrected chi connectivity index (χ2v) is 5.53. The molecule has 0 aliphatic carbocycles. The summed E-state index contributed by atoms with van der Waals surface area (Å²) in [5.74, 6) is 1.58. The summed E-state index contributed by atoms with van der Waals surface area (Å²) >= 11 is 6.18. The molecule has 6 nitrogen and oxygen atoms in total. The quantitative estimate of drug-likeness (QED) is 0.759. The zero-order chi connectivity index (χ0) is 15.5. The van der Waals surface area contributed by atoms with E-state index < -0.39 is 0 Å². The molecule has 1 unspecified atom stereocenters. The molecule has 3 rings (SSSR count). The van der Waals surface area contributed by atoms with Gasteiger partial charge in [-0.2, -0.15) is 10.2 Å². The van der Waals surface area contributed by atoms with Gasteiger partial charge in [0.05, 0.1) is 22.9 Å². The monoisotopic (exact) mass is 316 g/mol. The summed E-state index contributed by atoms with van der Waals surface area (Å²) in [5.41, 5.74) is 1.94. The van der Waals surface area contributed by atoms with Crippen LogP contribution < -0.4 is 5.32 Å². The second kappa shape index (κ2) is 6.29. The molecule has 114 valence electrons. The molecule has 7 heteroatoms. The van der Waals surface area contributed by atoms with Crippen LogP contribution in [0.3, 0.4) is 0 Å². The van der Waals surface area contributed by atoms with E-state index in [9.17, 15) is 0 Å². The van der Waals surface area contributed by atoms with E-state index >= 15 is 0 Å². The maximum atomic E-state index is 6.18. The molecule has 22 heavy (non-hydrogen) atoms. The first kappa shape index (κ1) is 14.7. The molecule has 0 spiro atoms. The van der Waals surface area contributed by atoms with Gasteiger partial charge in [0, 0.05) is 18.3 Å². The third kappa shape index (κ3) is 3.18. The molecule has 0 saturated carbocycles. The van der Waals surface area contributed by atoms with E-state index in [0.717, 1.165) is 22.9 Å². The van der Waals surface area contributed by atoms with Gasteiger partial charge in [-0.3, -0.25) is 5.10 Å². The van der Waals surface area contributed by atoms with Crippen LogP contribution in [-0.4, -0.2) is 25.0 Å². The molecule has 2 heterocycles. The molecule has 0 bridgehead atoms. The highest BCUT2D eigenvalue weighted by Gasteiger charge is 2.11. The Morgan fingerprint density at radius 3 is 2.91 bits per heavy atom. The van der Waals surface area contributed by atoms with E-state index in [2.05, 4.69) is 25.6 Å². The van der Waals surface area contributed by atoms with Gasteiger partial charge >= 0.3 is 0 Å². The van der Waals surface area contributed by atoms with Crippen LogP contribution in [-0.2, 0) is 6.54 Å². The van der Waals surface area contributed by atoms with Crippen LogP contribution in [0, 0.1) is 6.92 Å². The van der Waals surface area contributed by atoms with Crippen molar-refractivity contribution < 1.29 is 0 Å². The van der Waals surface area contributed by atoms with E-state index in [1.807, 2.05) is 50.5 Å². The maximum Gasteiger partial charge on any atom is 0.167 e. The molecule has 0 aliphatic rings. The lowest BCUT2D eigenvalue weighted by molar-refractivity contribution is 0.548. The molecule has 0 radical (unpaired) electrons. The molecule has 3 aromatic rings. The van der Waals surface area contributed by atoms with Gasteiger partial charge in [0.15, 0.2) is 5.82 Å². The zero-order valence-corrected chi connectivity index (χ0v) is 13.2. The number of aryl methyl sites for hydroxylation is 1. The van der Waals surface area contributed by atoms with Crippen LogP contribution in [0.2, 0.25) is 5.02 Å². The first-order chi connectivity index (χ1) is 10.6. The number of hydrogen-bond donors (Lipinski definition) is 2. The van der Waals surface area contributed by atoms with Crippen molar-refractivity contribution in [2.45, 2.75) is 26.4 Å². The highest BCUT2D eigenvalue weighted by atomic mass is 35.5. The molecule has 0 saturated heterocycles. The van der Waals surface area contributed by atoms with Crippen LogP contribution in [0.25, 0.3) is 5.69 Å². The van der Waals surface area contributed by atoms with Gasteiger partial charge in [-0.15, -0.1) is 0 Å². The van der Waals surface area contributed by atoms with E-state index in [0.29, 0.717) is 11.6 Å². The Morgan fingerprint density at radius 1 is 1.36 bits per heavy atom. The zero-order valence-electron chi connectivity index (χ0n) is 12.4. The van der Waals surface area contributed by atoms with E-state index in [-0.39, 0.29) is 6.04 Å². The van der Waals surface area contributed by atoms with Crippen molar-refractivity contribution in [3.8, 4) is 5.69 Å². The number of nitrogens with zero attached hydrogens (tertiary/aromatic N) is 4. The molecule has 1 atom stereocenters. The van der Waals surface area contributed by atoms with Crippen molar-refractivity contribution in [3.63, 3.8) is 0 Å². The van der Waals surface area contributed by atoms with E-state index in [1.54, 1.807) is 4.68 Å². The molecular weight excluding hydrogens is 300 g/mol. The Morgan fingerprint density at radius 2 is 2.18 bits per heavy atom. The Bertz CT molecular complexity index is 763. The largest absolute Gasteiger partial charge is 0.303 e. The third-order valence-electron chi connectivity index (χ3n) is 3.35. The molecule has 0 fully saturated rings. The molecule has 0 aliphatic heterocycles. The van der Waals surface area contributed by atoms with E-state index in [1.165, 1.54) is 0 Å². The number of nitrogens with one attached hydrogen (secondary N) is 2. The number of hydrogen-bond acceptors (Lipinski definition) is 4. The molecule has 2 N–H and O–H groups in total. The summed E-state index contributed by atoms with van der Waals surface area (Å²) in [5, 5.41) is 15.4. The lowest BCUT2D eigenvalue weighted by Crippen LogP contribution is -2.19. The van der Waals surface area contributed by atoms with Crippen molar-refractivity contribution >= 4 is 11.6 Å². The van der Waals surface area contributed by atoms with Crippen LogP contribution in [0.1, 0.15) is 30.2 Å². The van der Waals surface area contributed by atoms with Crippen molar-refractivity contribution in [1.29, 1.82) is 0 Å². The van der Waals surface area contributed by atoms with Crippen LogP contribution in [0.5, 0.6) is 0 Å². The van der Waals surface area contributed by atoms with Crippen molar-refractivity contribution in [2.75, 3.05) is 0 Å². The number of H-pyrrole nitrogens is 1. The average Bonchev–Trinajstić information content (AvgIpc) is 3.14. The summed E-state index contributed by atoms with van der Waals surface area (Å²) < 4.78 is 1.78. The van der Waals surface area contributed by atoms with Crippen LogP contribution >= 0.6 is 11.6 Å². The van der Waals surface area contributed by atoms with Gasteiger partial charge in [0.2, 0.25) is 0 Å². The Hall–Kier alpha value is -2.18. The highest BCUT2D eigenvalue weighted by molar-refractivity contribution is 6.32. The predicted octanol–water partition coefficient (Wildman–Crippen LogP) is 2.80. The molecule has 2 aromatic heterocycles. The minimum Gasteiger partial charge on any atom is -0.303 e. The Labute approximate surface area is 133 Å². The third-order valence-corrected chi connectivity index (χ3v) is 3.67. The van der Waals surface area contributed by atoms with Gasteiger partial charge in [0.25, 0.3) is 0 Å². The smallest absolute Gasteiger partial charge is 0.167 e. The number of para-hydroxylation sites is 1. The van der Waals surface area contributed by atoms with Gasteiger partial charge in [-0.05, 0) is 26.0 Å². The second-order valence-electron chi connectivity index (χ2n) is 5.13. The van der Waals surface area contributed by atoms with E-state index in [4.69, 9.17) is 11.6 Å². The number of aromatic amines is 1. The van der Waals surface area contributed by atoms with Crippen molar-refractivity contribution in [2.24, 2.45) is 0 Å². The van der Waals surface area contributed by atoms with Crippen LogP contribution in [0.15, 0.2) is 36.7 Å². The van der Waals surface area contributed by atoms with Gasteiger partial charge in [-0.25, -0.2) is 9.67 Å². The van der Waals surface area contributed by atoms with Gasteiger partial charge < -0.3 is 5.32 Å². The lowest BCUT2D eigenvalue weighted by Gasteiger charge is -2.08. The minimum absolute atomic E-state index is 0.0635. The Balaban J connectivity index is 1.66. The van der Waals surface area contributed by atoms with Crippen LogP contribution in [0.4, 0.5) is 0 Å². The summed E-state index contributed by atoms with van der Waals surface area (Å²) in [6.07, 6.45) is 3.79. The van der Waals surface area contributed by atoms with Gasteiger partial charge in [-0.1, -0.05) is 23.7 Å². The predicted molar refractivity (Wildman–Crippen MR) is 84.9 cm³/mol. The number of aromatic nitrogens is 5. The first-order valence-corrected chi connectivity index (χ1v) is 7.42. The topological polar surface area (TPSA) is 71.4 Å². The maximum absolute atomic E-state index is 6.18. The fourth-order valence-electron chi connectivity index (χ4n) is 2.14. The number of halogens is 1. The fourth-order valence-corrected chi connectivity index (χ4v) is 2.36. The van der Waals surface area contributed by atoms with Crippen molar-refractivity contribution in [3.05, 3.63) is 58.9 Å². The first-order valence-electron chi connectivity index (χ1n) is 7.04. The SMILES string of the molecule is Cc1nc(C(C)NCc2cnn(-c3ccccc3Cl)c2)n[nH]1. The number of benzene rings is 1. The molecule has 0 amide bonds. The summed E-state index contributed by atoms with van der Waals surface area (Å²) in [7, 11) is 0.